The van der Waals surface area contributed by atoms with E-state index >= 15 is 0 Å². The highest BCUT2D eigenvalue weighted by Gasteiger charge is 2.29. The number of likely N-dealkylation sites (tertiary alicyclic amines) is 1. The fourth-order valence-electron chi connectivity index (χ4n) is 3.44. The van der Waals surface area contributed by atoms with Crippen LogP contribution in [0.25, 0.3) is 0 Å². The summed E-state index contributed by atoms with van der Waals surface area (Å²) >= 11 is 1.42. The molecule has 0 bridgehead atoms. The minimum Gasteiger partial charge on any atom is -0.466 e. The summed E-state index contributed by atoms with van der Waals surface area (Å²) in [4.78, 5) is 46.1. The van der Waals surface area contributed by atoms with Crippen LogP contribution >= 0.6 is 11.8 Å². The van der Waals surface area contributed by atoms with Crippen molar-refractivity contribution in [3.05, 3.63) is 54.2 Å². The van der Waals surface area contributed by atoms with E-state index in [1.54, 1.807) is 37.2 Å². The molecule has 0 atom stereocenters. The first-order valence-corrected chi connectivity index (χ1v) is 11.2. The lowest BCUT2D eigenvalue weighted by Gasteiger charge is -2.32. The summed E-state index contributed by atoms with van der Waals surface area (Å²) in [7, 11) is 1.62. The molecule has 1 aliphatic heterocycles. The van der Waals surface area contributed by atoms with Gasteiger partial charge in [-0.3, -0.25) is 14.4 Å². The second-order valence-electron chi connectivity index (χ2n) is 7.34. The Morgan fingerprint density at radius 2 is 1.84 bits per heavy atom. The molecule has 0 N–H and O–H groups in total. The number of hydrogen-bond acceptors (Lipinski definition) is 6. The van der Waals surface area contributed by atoms with E-state index < -0.39 is 0 Å². The number of nitrogens with zero attached hydrogens (tertiary/aromatic N) is 3. The molecule has 1 aliphatic rings. The SMILES string of the molecule is CCOC(=O)C1CCN(C(=O)CN(C)C(=O)c2cccnc2Sc2ccccc2)CC1. The van der Waals surface area contributed by atoms with Gasteiger partial charge in [0, 0.05) is 31.2 Å². The van der Waals surface area contributed by atoms with E-state index in [0.717, 1.165) is 4.90 Å². The quantitative estimate of drug-likeness (QED) is 0.615. The minimum absolute atomic E-state index is 0.0206. The van der Waals surface area contributed by atoms with E-state index in [4.69, 9.17) is 4.74 Å². The van der Waals surface area contributed by atoms with Crippen LogP contribution in [0.15, 0.2) is 58.6 Å². The zero-order chi connectivity index (χ0) is 22.2. The smallest absolute Gasteiger partial charge is 0.309 e. The standard InChI is InChI=1S/C23H27N3O4S/c1-3-30-23(29)17-11-14-26(15-12-17)20(27)16-25(2)22(28)19-10-7-13-24-21(19)31-18-8-5-4-6-9-18/h4-10,13,17H,3,11-12,14-16H2,1-2H3. The number of benzene rings is 1. The molecule has 1 aromatic heterocycles. The molecule has 0 unspecified atom stereocenters. The van der Waals surface area contributed by atoms with Crippen molar-refractivity contribution in [3.8, 4) is 0 Å². The topological polar surface area (TPSA) is 79.8 Å². The summed E-state index contributed by atoms with van der Waals surface area (Å²) in [5.41, 5.74) is 0.465. The Bertz CT molecular complexity index is 914. The number of amides is 2. The maximum Gasteiger partial charge on any atom is 0.309 e. The average Bonchev–Trinajstić information content (AvgIpc) is 2.80. The van der Waals surface area contributed by atoms with Gasteiger partial charge in [0.2, 0.25) is 5.91 Å². The van der Waals surface area contributed by atoms with Crippen LogP contribution in [0.2, 0.25) is 0 Å². The van der Waals surface area contributed by atoms with E-state index in [2.05, 4.69) is 4.98 Å². The maximum absolute atomic E-state index is 13.0. The van der Waals surface area contributed by atoms with Gasteiger partial charge in [0.1, 0.15) is 5.03 Å². The highest BCUT2D eigenvalue weighted by molar-refractivity contribution is 7.99. The fourth-order valence-corrected chi connectivity index (χ4v) is 4.34. The zero-order valence-corrected chi connectivity index (χ0v) is 18.6. The van der Waals surface area contributed by atoms with Crippen LogP contribution in [0.5, 0.6) is 0 Å². The van der Waals surface area contributed by atoms with Gasteiger partial charge in [0.05, 0.1) is 24.6 Å². The Hall–Kier alpha value is -2.87. The van der Waals surface area contributed by atoms with E-state index in [9.17, 15) is 14.4 Å². The molecule has 2 amide bonds. The Morgan fingerprint density at radius 1 is 1.13 bits per heavy atom. The number of rotatable bonds is 7. The molecule has 7 nitrogen and oxygen atoms in total. The monoisotopic (exact) mass is 441 g/mol. The third-order valence-electron chi connectivity index (χ3n) is 5.15. The first-order valence-electron chi connectivity index (χ1n) is 10.4. The van der Waals surface area contributed by atoms with Gasteiger partial charge in [-0.05, 0) is 44.0 Å². The third kappa shape index (κ3) is 6.07. The lowest BCUT2D eigenvalue weighted by atomic mass is 9.97. The predicted octanol–water partition coefficient (Wildman–Crippen LogP) is 3.11. The molecule has 1 fully saturated rings. The molecule has 0 aliphatic carbocycles. The van der Waals surface area contributed by atoms with Crippen LogP contribution in [0.3, 0.4) is 0 Å². The van der Waals surface area contributed by atoms with Crippen LogP contribution < -0.4 is 0 Å². The average molecular weight is 442 g/mol. The van der Waals surface area contributed by atoms with Gasteiger partial charge in [-0.2, -0.15) is 0 Å². The largest absolute Gasteiger partial charge is 0.466 e. The van der Waals surface area contributed by atoms with E-state index in [0.29, 0.717) is 43.1 Å². The van der Waals surface area contributed by atoms with Gasteiger partial charge in [-0.15, -0.1) is 0 Å². The van der Waals surface area contributed by atoms with Gasteiger partial charge in [-0.1, -0.05) is 30.0 Å². The van der Waals surface area contributed by atoms with Crippen molar-refractivity contribution in [2.24, 2.45) is 5.92 Å². The molecular formula is C23H27N3O4S. The number of carbonyl (C=O) groups excluding carboxylic acids is 3. The first kappa shape index (κ1) is 22.8. The minimum atomic E-state index is -0.249. The number of hydrogen-bond donors (Lipinski definition) is 0. The van der Waals surface area contributed by atoms with Gasteiger partial charge in [0.25, 0.3) is 5.91 Å². The molecule has 0 radical (unpaired) electrons. The van der Waals surface area contributed by atoms with Crippen molar-refractivity contribution >= 4 is 29.5 Å². The Balaban J connectivity index is 1.59. The van der Waals surface area contributed by atoms with Crippen molar-refractivity contribution in [3.63, 3.8) is 0 Å². The summed E-state index contributed by atoms with van der Waals surface area (Å²) in [5, 5.41) is 0.605. The van der Waals surface area contributed by atoms with Gasteiger partial charge in [-0.25, -0.2) is 4.98 Å². The Labute approximate surface area is 186 Å². The van der Waals surface area contributed by atoms with Gasteiger partial charge >= 0.3 is 5.97 Å². The number of esters is 1. The van der Waals surface area contributed by atoms with Crippen LogP contribution in [0, 0.1) is 5.92 Å². The maximum atomic E-state index is 13.0. The second-order valence-corrected chi connectivity index (χ2v) is 8.40. The van der Waals surface area contributed by atoms with Crippen LogP contribution in [-0.2, 0) is 14.3 Å². The highest BCUT2D eigenvalue weighted by atomic mass is 32.2. The van der Waals surface area contributed by atoms with Crippen LogP contribution in [-0.4, -0.2) is 65.9 Å². The number of ether oxygens (including phenoxy) is 1. The first-order chi connectivity index (χ1) is 15.0. The van der Waals surface area contributed by atoms with Crippen LogP contribution in [0.4, 0.5) is 0 Å². The predicted molar refractivity (Wildman–Crippen MR) is 118 cm³/mol. The molecule has 3 rings (SSSR count). The highest BCUT2D eigenvalue weighted by Crippen LogP contribution is 2.29. The molecule has 0 spiro atoms. The number of likely N-dealkylation sites (N-methyl/N-ethyl adjacent to an activating group) is 1. The van der Waals surface area contributed by atoms with Crippen molar-refractivity contribution in [1.29, 1.82) is 0 Å². The molecule has 2 aromatic rings. The summed E-state index contributed by atoms with van der Waals surface area (Å²) < 4.78 is 5.07. The van der Waals surface area contributed by atoms with Gasteiger partial charge < -0.3 is 14.5 Å². The molecule has 1 saturated heterocycles. The fraction of sp³-hybridized carbons (Fsp3) is 0.391. The van der Waals surface area contributed by atoms with Crippen molar-refractivity contribution in [1.82, 2.24) is 14.8 Å². The van der Waals surface area contributed by atoms with E-state index in [1.165, 1.54) is 16.7 Å². The summed E-state index contributed by atoms with van der Waals surface area (Å²) in [6, 6.07) is 13.2. The molecule has 164 valence electrons. The van der Waals surface area contributed by atoms with E-state index in [1.807, 2.05) is 30.3 Å². The third-order valence-corrected chi connectivity index (χ3v) is 6.17. The summed E-state index contributed by atoms with van der Waals surface area (Å²) in [6.45, 7) is 3.12. The number of pyridine rings is 1. The number of aromatic nitrogens is 1. The molecule has 1 aromatic carbocycles. The lowest BCUT2D eigenvalue weighted by molar-refractivity contribution is -0.151. The number of piperidine rings is 1. The van der Waals surface area contributed by atoms with Crippen molar-refractivity contribution in [2.45, 2.75) is 29.7 Å². The molecule has 31 heavy (non-hydrogen) atoms. The van der Waals surface area contributed by atoms with Crippen LogP contribution in [0.1, 0.15) is 30.1 Å². The molecular weight excluding hydrogens is 414 g/mol. The molecule has 2 heterocycles. The van der Waals surface area contributed by atoms with Crippen molar-refractivity contribution in [2.75, 3.05) is 33.3 Å². The lowest BCUT2D eigenvalue weighted by Crippen LogP contribution is -2.45. The summed E-state index contributed by atoms with van der Waals surface area (Å²) in [5.74, 6) is -0.723. The second kappa shape index (κ2) is 10.9. The van der Waals surface area contributed by atoms with E-state index in [-0.39, 0.29) is 30.2 Å². The molecule has 8 heteroatoms. The number of carbonyl (C=O) groups is 3. The zero-order valence-electron chi connectivity index (χ0n) is 17.8. The van der Waals surface area contributed by atoms with Gasteiger partial charge in [0.15, 0.2) is 0 Å². The normalized spacial score (nSPS) is 14.2. The molecule has 0 saturated carbocycles. The Kier molecular flexibility index (Phi) is 8.06. The van der Waals surface area contributed by atoms with Crippen molar-refractivity contribution < 1.29 is 19.1 Å². The Morgan fingerprint density at radius 3 is 2.52 bits per heavy atom. The summed E-state index contributed by atoms with van der Waals surface area (Å²) in [6.07, 6.45) is 2.83.